The molecule has 11 nitrogen and oxygen atoms in total. The van der Waals surface area contributed by atoms with Crippen LogP contribution in [0.4, 0.5) is 28.4 Å². The van der Waals surface area contributed by atoms with Crippen LogP contribution in [0, 0.1) is 20.9 Å². The van der Waals surface area contributed by atoms with E-state index < -0.39 is 4.92 Å². The highest BCUT2D eigenvalue weighted by Crippen LogP contribution is 2.45. The summed E-state index contributed by atoms with van der Waals surface area (Å²) < 4.78 is 0. The largest absolute Gasteiger partial charge is 0.356 e. The Bertz CT molecular complexity index is 2390. The third-order valence-electron chi connectivity index (χ3n) is 10.2. The molecule has 2 aromatic carbocycles. The van der Waals surface area contributed by atoms with Crippen molar-refractivity contribution in [3.63, 3.8) is 0 Å². The van der Waals surface area contributed by atoms with Crippen LogP contribution in [0.15, 0.2) is 97.6 Å². The molecule has 0 spiro atoms. The first-order chi connectivity index (χ1) is 26.3. The number of non-ortho nitro benzene ring substituents is 1. The lowest BCUT2D eigenvalue weighted by molar-refractivity contribution is -0.384. The highest BCUT2D eigenvalue weighted by atomic mass is 16.6. The molecular formula is C44H45N7O4. The predicted molar refractivity (Wildman–Crippen MR) is 216 cm³/mol. The lowest BCUT2D eigenvalue weighted by Crippen LogP contribution is -2.26. The topological polar surface area (TPSA) is 159 Å². The average molecular weight is 736 g/mol. The number of rotatable bonds is 8. The van der Waals surface area contributed by atoms with Crippen LogP contribution in [0.3, 0.4) is 0 Å². The van der Waals surface area contributed by atoms with Crippen molar-refractivity contribution in [3.05, 3.63) is 136 Å². The number of nitrogens with zero attached hydrogens (tertiary/aromatic N) is 3. The normalized spacial score (nSPS) is 15.3. The molecule has 4 heterocycles. The van der Waals surface area contributed by atoms with Gasteiger partial charge in [0.2, 0.25) is 0 Å². The van der Waals surface area contributed by atoms with Gasteiger partial charge in [0.1, 0.15) is 0 Å². The molecule has 0 unspecified atom stereocenters. The van der Waals surface area contributed by atoms with Crippen LogP contribution in [-0.4, -0.2) is 36.4 Å². The van der Waals surface area contributed by atoms with Crippen LogP contribution in [0.5, 0.6) is 0 Å². The molecule has 0 fully saturated rings. The number of pyridine rings is 2. The van der Waals surface area contributed by atoms with Crippen molar-refractivity contribution in [3.8, 4) is 22.5 Å². The smallest absolute Gasteiger partial charge is 0.271 e. The second-order valence-electron chi connectivity index (χ2n) is 15.9. The van der Waals surface area contributed by atoms with Gasteiger partial charge in [-0.1, -0.05) is 52.8 Å². The molecule has 0 saturated carbocycles. The number of carbonyl (C=O) groups excluding carboxylic acids is 2. The molecule has 11 heteroatoms. The van der Waals surface area contributed by atoms with Crippen LogP contribution in [0.1, 0.15) is 85.1 Å². The SMILES string of the molecule is CC1(C)CC(=O)c2c([nH]c(-c3ccncc3)c2Nc2cccc([N+](=O)[O-])c2)C1.CCc1cccc(Nc2c(-c3ccncc3)[nH]c3c2C(=O)CC(C)(C)C3)c1. The van der Waals surface area contributed by atoms with E-state index >= 15 is 0 Å². The Kier molecular flexibility index (Phi) is 9.96. The first-order valence-electron chi connectivity index (χ1n) is 18.5. The van der Waals surface area contributed by atoms with Crippen LogP contribution in [-0.2, 0) is 19.3 Å². The van der Waals surface area contributed by atoms with E-state index in [1.54, 1.807) is 36.9 Å². The maximum absolute atomic E-state index is 13.0. The van der Waals surface area contributed by atoms with Crippen LogP contribution >= 0.6 is 0 Å². The molecular weight excluding hydrogens is 691 g/mol. The molecule has 0 radical (unpaired) electrons. The van der Waals surface area contributed by atoms with Crippen molar-refractivity contribution in [2.24, 2.45) is 10.8 Å². The van der Waals surface area contributed by atoms with Gasteiger partial charge in [0.25, 0.3) is 5.69 Å². The van der Waals surface area contributed by atoms with Gasteiger partial charge in [-0.25, -0.2) is 0 Å². The number of H-pyrrole nitrogens is 2. The quantitative estimate of drug-likeness (QED) is 0.0888. The van der Waals surface area contributed by atoms with Gasteiger partial charge in [-0.05, 0) is 78.1 Å². The lowest BCUT2D eigenvalue weighted by atomic mass is 9.76. The number of aryl methyl sites for hydroxylation is 1. The van der Waals surface area contributed by atoms with Gasteiger partial charge in [-0.3, -0.25) is 29.7 Å². The third kappa shape index (κ3) is 7.96. The van der Waals surface area contributed by atoms with Gasteiger partial charge in [-0.2, -0.15) is 0 Å². The first-order valence-corrected chi connectivity index (χ1v) is 18.5. The zero-order valence-electron chi connectivity index (χ0n) is 31.7. The van der Waals surface area contributed by atoms with Gasteiger partial charge in [0.05, 0.1) is 38.8 Å². The van der Waals surface area contributed by atoms with E-state index in [9.17, 15) is 19.7 Å². The number of Topliss-reactive ketones (excluding diaryl/α,β-unsaturated/α-hetero) is 2. The standard InChI is InChI=1S/C23H25N3O.C21H20N4O3/c1-4-15-6-5-7-17(12-15)25-22-20-18(13-23(2,3)14-19(20)27)26-21(22)16-8-10-24-11-9-16;1-21(2)11-16-18(17(26)12-21)20(19(24-16)13-6-8-22-9-7-13)23-14-4-3-5-15(10-14)25(27)28/h5-12,25-26H,4,13-14H2,1-3H3;3-10,23-24H,11-12H2,1-2H3. The number of hydrogen-bond donors (Lipinski definition) is 4. The third-order valence-corrected chi connectivity index (χ3v) is 10.2. The fourth-order valence-corrected chi connectivity index (χ4v) is 7.69. The molecule has 280 valence electrons. The summed E-state index contributed by atoms with van der Waals surface area (Å²) in [5, 5.41) is 17.9. The minimum atomic E-state index is -0.435. The number of nitrogens with one attached hydrogen (secondary N) is 4. The van der Waals surface area contributed by atoms with Gasteiger partial charge in [0, 0.05) is 83.7 Å². The number of carbonyl (C=O) groups is 2. The van der Waals surface area contributed by atoms with Gasteiger partial charge < -0.3 is 20.6 Å². The number of anilines is 4. The Morgan fingerprint density at radius 3 is 1.58 bits per heavy atom. The van der Waals surface area contributed by atoms with E-state index in [2.05, 4.69) is 83.4 Å². The van der Waals surface area contributed by atoms with Crippen LogP contribution < -0.4 is 10.6 Å². The van der Waals surface area contributed by atoms with E-state index in [-0.39, 0.29) is 28.1 Å². The number of ketones is 2. The summed E-state index contributed by atoms with van der Waals surface area (Å²) in [6, 6.07) is 22.3. The maximum atomic E-state index is 13.0. The molecule has 0 aliphatic heterocycles. The zero-order chi connectivity index (χ0) is 38.9. The Balaban J connectivity index is 0.000000169. The van der Waals surface area contributed by atoms with Crippen LogP contribution in [0.25, 0.3) is 22.5 Å². The Morgan fingerprint density at radius 2 is 1.13 bits per heavy atom. The molecule has 55 heavy (non-hydrogen) atoms. The van der Waals surface area contributed by atoms with Crippen molar-refractivity contribution >= 4 is 40.0 Å². The molecule has 4 aromatic heterocycles. The lowest BCUT2D eigenvalue weighted by Gasteiger charge is -2.28. The van der Waals surface area contributed by atoms with Gasteiger partial charge in [0.15, 0.2) is 11.6 Å². The molecule has 8 rings (SSSR count). The molecule has 0 bridgehead atoms. The van der Waals surface area contributed by atoms with E-state index in [0.717, 1.165) is 70.1 Å². The minimum absolute atomic E-state index is 0.00711. The Hall–Kier alpha value is -6.36. The summed E-state index contributed by atoms with van der Waals surface area (Å²) in [5.41, 5.74) is 11.2. The molecule has 4 N–H and O–H groups in total. The number of fused-ring (bicyclic) bond motifs is 2. The summed E-state index contributed by atoms with van der Waals surface area (Å²) in [6.07, 6.45) is 10.6. The monoisotopic (exact) mass is 735 g/mol. The van der Waals surface area contributed by atoms with E-state index in [1.807, 2.05) is 30.3 Å². The van der Waals surface area contributed by atoms with Crippen LogP contribution in [0.2, 0.25) is 0 Å². The van der Waals surface area contributed by atoms with E-state index in [4.69, 9.17) is 0 Å². The van der Waals surface area contributed by atoms with Gasteiger partial charge >= 0.3 is 0 Å². The summed E-state index contributed by atoms with van der Waals surface area (Å²) in [6.45, 7) is 10.6. The van der Waals surface area contributed by atoms with Crippen molar-refractivity contribution in [2.45, 2.75) is 66.7 Å². The second kappa shape index (κ2) is 14.8. The van der Waals surface area contributed by atoms with Crippen molar-refractivity contribution in [1.29, 1.82) is 0 Å². The minimum Gasteiger partial charge on any atom is -0.356 e. The number of benzene rings is 2. The predicted octanol–water partition coefficient (Wildman–Crippen LogP) is 10.4. The molecule has 0 atom stereocenters. The van der Waals surface area contributed by atoms with E-state index in [0.29, 0.717) is 29.8 Å². The Morgan fingerprint density at radius 1 is 0.673 bits per heavy atom. The number of nitro groups is 1. The summed E-state index contributed by atoms with van der Waals surface area (Å²) in [4.78, 5) is 51.8. The number of aromatic amines is 2. The highest BCUT2D eigenvalue weighted by molar-refractivity contribution is 6.08. The Labute approximate surface area is 320 Å². The summed E-state index contributed by atoms with van der Waals surface area (Å²) >= 11 is 0. The summed E-state index contributed by atoms with van der Waals surface area (Å²) in [7, 11) is 0. The molecule has 2 aliphatic carbocycles. The highest BCUT2D eigenvalue weighted by Gasteiger charge is 2.37. The number of aromatic nitrogens is 4. The number of nitro benzene ring substituents is 1. The summed E-state index contributed by atoms with van der Waals surface area (Å²) in [5.74, 6) is 0.266. The van der Waals surface area contributed by atoms with E-state index in [1.165, 1.54) is 17.7 Å². The zero-order valence-corrected chi connectivity index (χ0v) is 31.7. The van der Waals surface area contributed by atoms with Crippen molar-refractivity contribution in [1.82, 2.24) is 19.9 Å². The van der Waals surface area contributed by atoms with Crippen molar-refractivity contribution < 1.29 is 14.5 Å². The molecule has 6 aromatic rings. The fraction of sp³-hybridized carbons (Fsp3) is 0.273. The second-order valence-corrected chi connectivity index (χ2v) is 15.9. The maximum Gasteiger partial charge on any atom is 0.271 e. The van der Waals surface area contributed by atoms with Gasteiger partial charge in [-0.15, -0.1) is 0 Å². The molecule has 0 amide bonds. The molecule has 2 aliphatic rings. The number of hydrogen-bond acceptors (Lipinski definition) is 8. The first kappa shape index (κ1) is 37.0. The fourth-order valence-electron chi connectivity index (χ4n) is 7.69. The average Bonchev–Trinajstić information content (AvgIpc) is 3.69. The molecule has 0 saturated heterocycles. The van der Waals surface area contributed by atoms with Crippen molar-refractivity contribution in [2.75, 3.05) is 10.6 Å².